The van der Waals surface area contributed by atoms with Crippen LogP contribution in [0.2, 0.25) is 0 Å². The van der Waals surface area contributed by atoms with Crippen molar-refractivity contribution in [3.05, 3.63) is 142 Å². The molecular weight excluding hydrogens is 488 g/mol. The molecule has 0 N–H and O–H groups in total. The number of rotatable bonds is 2. The van der Waals surface area contributed by atoms with E-state index in [1.807, 2.05) is 0 Å². The highest BCUT2D eigenvalue weighted by atomic mass is 16.5. The van der Waals surface area contributed by atoms with Crippen molar-refractivity contribution in [1.29, 1.82) is 0 Å². The molecule has 2 aliphatic heterocycles. The molecule has 0 aromatic carbocycles. The Kier molecular flexibility index (Phi) is 5.22. The van der Waals surface area contributed by atoms with Crippen LogP contribution in [0.5, 0.6) is 0 Å². The lowest BCUT2D eigenvalue weighted by molar-refractivity contribution is 0.0930. The molecule has 0 aromatic heterocycles. The number of allylic oxidation sites excluding steroid dienone is 16. The number of hydrogen-bond acceptors (Lipinski definition) is 2. The van der Waals surface area contributed by atoms with E-state index in [1.165, 1.54) is 46.3 Å². The fraction of sp³-hybridized carbons (Fsp3) is 0.368. The van der Waals surface area contributed by atoms with Crippen LogP contribution in [0.25, 0.3) is 0 Å². The van der Waals surface area contributed by atoms with Gasteiger partial charge in [0.05, 0.1) is 0 Å². The molecule has 0 amide bonds. The van der Waals surface area contributed by atoms with E-state index in [9.17, 15) is 0 Å². The van der Waals surface area contributed by atoms with Crippen molar-refractivity contribution in [3.63, 3.8) is 0 Å². The highest BCUT2D eigenvalue weighted by Gasteiger charge is 2.50. The molecule has 0 saturated carbocycles. The maximum absolute atomic E-state index is 7.05. The van der Waals surface area contributed by atoms with E-state index in [-0.39, 0.29) is 12.2 Å². The summed E-state index contributed by atoms with van der Waals surface area (Å²) in [6.45, 7) is 0. The summed E-state index contributed by atoms with van der Waals surface area (Å²) in [5, 5.41) is 0. The largest absolute Gasteiger partial charge is 0.481 e. The van der Waals surface area contributed by atoms with Gasteiger partial charge in [0.1, 0.15) is 12.2 Å². The van der Waals surface area contributed by atoms with Gasteiger partial charge in [0.2, 0.25) is 0 Å². The van der Waals surface area contributed by atoms with E-state index < -0.39 is 0 Å². The minimum Gasteiger partial charge on any atom is -0.481 e. The summed E-state index contributed by atoms with van der Waals surface area (Å²) in [6.07, 6.45) is 44.2. The zero-order valence-electron chi connectivity index (χ0n) is 22.9. The van der Waals surface area contributed by atoms with Gasteiger partial charge in [0.25, 0.3) is 0 Å². The van der Waals surface area contributed by atoms with Gasteiger partial charge in [-0.15, -0.1) is 0 Å². The lowest BCUT2D eigenvalue weighted by atomic mass is 9.68. The third kappa shape index (κ3) is 3.35. The van der Waals surface area contributed by atoms with Gasteiger partial charge in [0.15, 0.2) is 11.5 Å². The summed E-state index contributed by atoms with van der Waals surface area (Å²) in [6, 6.07) is 0. The van der Waals surface area contributed by atoms with Gasteiger partial charge in [-0.3, -0.25) is 0 Å². The second-order valence-electron chi connectivity index (χ2n) is 12.7. The van der Waals surface area contributed by atoms with Gasteiger partial charge < -0.3 is 9.47 Å². The molecule has 7 aliphatic carbocycles. The number of fused-ring (bicyclic) bond motifs is 7. The molecule has 2 heteroatoms. The van der Waals surface area contributed by atoms with E-state index >= 15 is 0 Å². The Bertz CT molecular complexity index is 1540. The number of ether oxygens (including phenoxy) is 2. The normalized spacial score (nSPS) is 39.6. The predicted octanol–water partition coefficient (Wildman–Crippen LogP) is 8.47. The molecule has 40 heavy (non-hydrogen) atoms. The van der Waals surface area contributed by atoms with Crippen LogP contribution >= 0.6 is 0 Å². The van der Waals surface area contributed by atoms with Crippen LogP contribution in [0.4, 0.5) is 0 Å². The summed E-state index contributed by atoms with van der Waals surface area (Å²) < 4.78 is 14.1. The second-order valence-corrected chi connectivity index (χ2v) is 12.7. The van der Waals surface area contributed by atoms with Crippen LogP contribution in [0.15, 0.2) is 142 Å². The smallest absolute Gasteiger partial charge is 0.162 e. The molecule has 0 radical (unpaired) electrons. The van der Waals surface area contributed by atoms with Gasteiger partial charge >= 0.3 is 0 Å². The molecule has 0 spiro atoms. The minimum absolute atomic E-state index is 0.109. The predicted molar refractivity (Wildman–Crippen MR) is 160 cm³/mol. The molecule has 8 unspecified atom stereocenters. The van der Waals surface area contributed by atoms with Gasteiger partial charge in [-0.1, -0.05) is 97.2 Å². The van der Waals surface area contributed by atoms with Crippen molar-refractivity contribution in [2.75, 3.05) is 0 Å². The Morgan fingerprint density at radius 2 is 1.30 bits per heavy atom. The van der Waals surface area contributed by atoms with Crippen LogP contribution in [-0.2, 0) is 9.47 Å². The lowest BCUT2D eigenvalue weighted by Gasteiger charge is -2.37. The van der Waals surface area contributed by atoms with E-state index in [4.69, 9.17) is 9.47 Å². The average molecular weight is 525 g/mol. The third-order valence-electron chi connectivity index (χ3n) is 10.9. The van der Waals surface area contributed by atoms with E-state index in [0.29, 0.717) is 35.5 Å². The monoisotopic (exact) mass is 524 g/mol. The Labute approximate surface area is 237 Å². The van der Waals surface area contributed by atoms with Crippen molar-refractivity contribution in [1.82, 2.24) is 0 Å². The molecule has 9 rings (SSSR count). The number of hydrogen-bond donors (Lipinski definition) is 0. The summed E-state index contributed by atoms with van der Waals surface area (Å²) in [4.78, 5) is 0. The molecule has 8 atom stereocenters. The highest BCUT2D eigenvalue weighted by Crippen LogP contribution is 2.56. The summed E-state index contributed by atoms with van der Waals surface area (Å²) in [5.41, 5.74) is 8.82. The summed E-state index contributed by atoms with van der Waals surface area (Å²) in [7, 11) is 0. The van der Waals surface area contributed by atoms with Gasteiger partial charge in [-0.05, 0) is 77.9 Å². The second kappa shape index (κ2) is 8.99. The van der Waals surface area contributed by atoms with Gasteiger partial charge in [-0.2, -0.15) is 0 Å². The maximum atomic E-state index is 7.05. The third-order valence-corrected chi connectivity index (χ3v) is 10.9. The molecule has 0 bridgehead atoms. The first-order valence-corrected chi connectivity index (χ1v) is 15.5. The van der Waals surface area contributed by atoms with Crippen LogP contribution in [0.3, 0.4) is 0 Å². The molecule has 2 nitrogen and oxygen atoms in total. The fourth-order valence-electron chi connectivity index (χ4n) is 9.06. The van der Waals surface area contributed by atoms with E-state index in [0.717, 1.165) is 37.2 Å². The minimum atomic E-state index is 0.109. The first-order chi connectivity index (χ1) is 19.8. The molecular formula is C38H36O2. The first kappa shape index (κ1) is 23.2. The zero-order chi connectivity index (χ0) is 26.2. The maximum Gasteiger partial charge on any atom is 0.162 e. The van der Waals surface area contributed by atoms with E-state index in [2.05, 4.69) is 97.2 Å². The zero-order valence-corrected chi connectivity index (χ0v) is 22.9. The SMILES string of the molecule is C1=CC2=CCCC(C3=CC=CC4C5=C(OC34)C3=C(CC5)C4CCC=C(C5=CC=CC6C=CC=CC56)C4O3)C2C=C1. The lowest BCUT2D eigenvalue weighted by Crippen LogP contribution is -2.32. The van der Waals surface area contributed by atoms with Gasteiger partial charge in [0, 0.05) is 29.6 Å². The molecule has 0 saturated heterocycles. The summed E-state index contributed by atoms with van der Waals surface area (Å²) >= 11 is 0. The molecule has 0 aromatic rings. The van der Waals surface area contributed by atoms with E-state index in [1.54, 1.807) is 0 Å². The average Bonchev–Trinajstić information content (AvgIpc) is 3.59. The Morgan fingerprint density at radius 1 is 0.575 bits per heavy atom. The van der Waals surface area contributed by atoms with Crippen LogP contribution in [0, 0.1) is 35.5 Å². The summed E-state index contributed by atoms with van der Waals surface area (Å²) in [5.74, 6) is 4.84. The Hall–Kier alpha value is -3.52. The first-order valence-electron chi connectivity index (χ1n) is 15.5. The molecule has 9 aliphatic rings. The van der Waals surface area contributed by atoms with Crippen molar-refractivity contribution in [2.45, 2.75) is 50.7 Å². The fourth-order valence-corrected chi connectivity index (χ4v) is 9.06. The van der Waals surface area contributed by atoms with Gasteiger partial charge in [-0.25, -0.2) is 0 Å². The topological polar surface area (TPSA) is 18.5 Å². The highest BCUT2D eigenvalue weighted by molar-refractivity contribution is 5.54. The molecule has 0 fully saturated rings. The van der Waals surface area contributed by atoms with Crippen LogP contribution in [-0.4, -0.2) is 12.2 Å². The van der Waals surface area contributed by atoms with Crippen molar-refractivity contribution >= 4 is 0 Å². The standard InChI is InChI=1S/C38H36O2/c1-3-13-25-23(9-1)11-5-15-27(25)29-17-7-19-31-33-21-22-34-32-20-8-18-30(36(32)40-38(34)37(33)39-35(29)31)28-16-6-12-24-10-2-4-14-26(24)28/h1-5,8-15,17-18,20,23,25-26,28,31-32,35-36H,6-7,16,19,21-22H2. The Balaban J connectivity index is 1.01. The van der Waals surface area contributed by atoms with Crippen LogP contribution < -0.4 is 0 Å². The Morgan fingerprint density at radius 3 is 2.30 bits per heavy atom. The quantitative estimate of drug-likeness (QED) is 0.361. The molecule has 2 heterocycles. The molecule has 200 valence electrons. The van der Waals surface area contributed by atoms with Crippen molar-refractivity contribution < 1.29 is 9.47 Å². The van der Waals surface area contributed by atoms with Crippen molar-refractivity contribution in [2.24, 2.45) is 35.5 Å². The van der Waals surface area contributed by atoms with Crippen LogP contribution in [0.1, 0.15) is 38.5 Å². The van der Waals surface area contributed by atoms with Crippen molar-refractivity contribution in [3.8, 4) is 0 Å².